The van der Waals surface area contributed by atoms with Crippen molar-refractivity contribution in [3.05, 3.63) is 35.4 Å². The van der Waals surface area contributed by atoms with Gasteiger partial charge in [0.15, 0.2) is 0 Å². The maximum atomic E-state index is 5.64. The molecule has 72 valence electrons. The SMILES string of the molecule is Cc1ccc(C(C)C(C)CN)cc1. The predicted molar refractivity (Wildman–Crippen MR) is 57.8 cm³/mol. The van der Waals surface area contributed by atoms with Crippen LogP contribution < -0.4 is 5.73 Å². The molecule has 1 aromatic carbocycles. The van der Waals surface area contributed by atoms with Crippen LogP contribution in [0.25, 0.3) is 0 Å². The molecule has 13 heavy (non-hydrogen) atoms. The van der Waals surface area contributed by atoms with Gasteiger partial charge >= 0.3 is 0 Å². The van der Waals surface area contributed by atoms with E-state index in [1.54, 1.807) is 0 Å². The lowest BCUT2D eigenvalue weighted by atomic mass is 9.89. The van der Waals surface area contributed by atoms with Crippen molar-refractivity contribution < 1.29 is 0 Å². The topological polar surface area (TPSA) is 26.0 Å². The summed E-state index contributed by atoms with van der Waals surface area (Å²) < 4.78 is 0. The Balaban J connectivity index is 2.77. The minimum atomic E-state index is 0.558. The van der Waals surface area contributed by atoms with E-state index in [-0.39, 0.29) is 0 Å². The second-order valence-corrected chi connectivity index (χ2v) is 3.91. The molecule has 0 aliphatic carbocycles. The van der Waals surface area contributed by atoms with Gasteiger partial charge in [-0.1, -0.05) is 43.7 Å². The van der Waals surface area contributed by atoms with E-state index in [1.807, 2.05) is 0 Å². The van der Waals surface area contributed by atoms with Gasteiger partial charge in [0.2, 0.25) is 0 Å². The zero-order valence-corrected chi connectivity index (χ0v) is 8.75. The van der Waals surface area contributed by atoms with Crippen LogP contribution in [0.3, 0.4) is 0 Å². The summed E-state index contributed by atoms with van der Waals surface area (Å²) in [5.41, 5.74) is 8.35. The Morgan fingerprint density at radius 2 is 1.69 bits per heavy atom. The second-order valence-electron chi connectivity index (χ2n) is 3.91. The highest BCUT2D eigenvalue weighted by Crippen LogP contribution is 2.23. The van der Waals surface area contributed by atoms with Crippen molar-refractivity contribution in [1.82, 2.24) is 0 Å². The molecule has 0 amide bonds. The molecule has 0 saturated heterocycles. The number of rotatable bonds is 3. The molecule has 0 fully saturated rings. The lowest BCUT2D eigenvalue weighted by molar-refractivity contribution is 0.499. The number of aryl methyl sites for hydroxylation is 1. The molecule has 1 aromatic rings. The lowest BCUT2D eigenvalue weighted by Crippen LogP contribution is -2.16. The van der Waals surface area contributed by atoms with Gasteiger partial charge in [-0.15, -0.1) is 0 Å². The molecule has 0 aromatic heterocycles. The first-order valence-corrected chi connectivity index (χ1v) is 4.91. The molecular weight excluding hydrogens is 158 g/mol. The predicted octanol–water partition coefficient (Wildman–Crippen LogP) is 2.69. The molecule has 1 rings (SSSR count). The maximum Gasteiger partial charge on any atom is -0.00458 e. The van der Waals surface area contributed by atoms with Crippen molar-refractivity contribution in [1.29, 1.82) is 0 Å². The molecule has 0 heterocycles. The van der Waals surface area contributed by atoms with Crippen LogP contribution in [0.1, 0.15) is 30.9 Å². The Hall–Kier alpha value is -0.820. The Morgan fingerprint density at radius 1 is 1.15 bits per heavy atom. The summed E-state index contributed by atoms with van der Waals surface area (Å²) in [6.45, 7) is 7.31. The third kappa shape index (κ3) is 2.56. The Labute approximate surface area is 81.0 Å². The minimum Gasteiger partial charge on any atom is -0.330 e. The van der Waals surface area contributed by atoms with Crippen LogP contribution in [0.2, 0.25) is 0 Å². The van der Waals surface area contributed by atoms with Gasteiger partial charge in [0.05, 0.1) is 0 Å². The van der Waals surface area contributed by atoms with Crippen LogP contribution in [-0.4, -0.2) is 6.54 Å². The molecule has 2 N–H and O–H groups in total. The minimum absolute atomic E-state index is 0.558. The van der Waals surface area contributed by atoms with Crippen molar-refractivity contribution in [2.75, 3.05) is 6.54 Å². The number of hydrogen-bond acceptors (Lipinski definition) is 1. The Morgan fingerprint density at radius 3 is 2.15 bits per heavy atom. The fourth-order valence-electron chi connectivity index (χ4n) is 1.40. The standard InChI is InChI=1S/C12H19N/c1-9-4-6-12(7-5-9)11(3)10(2)8-13/h4-7,10-11H,8,13H2,1-3H3. The van der Waals surface area contributed by atoms with E-state index in [0.29, 0.717) is 11.8 Å². The first-order chi connectivity index (χ1) is 6.15. The van der Waals surface area contributed by atoms with Gasteiger partial charge in [-0.25, -0.2) is 0 Å². The summed E-state index contributed by atoms with van der Waals surface area (Å²) in [5.74, 6) is 1.12. The summed E-state index contributed by atoms with van der Waals surface area (Å²) in [6, 6.07) is 8.72. The van der Waals surface area contributed by atoms with E-state index in [9.17, 15) is 0 Å². The van der Waals surface area contributed by atoms with Gasteiger partial charge in [0.1, 0.15) is 0 Å². The van der Waals surface area contributed by atoms with E-state index in [4.69, 9.17) is 5.73 Å². The number of benzene rings is 1. The maximum absolute atomic E-state index is 5.64. The van der Waals surface area contributed by atoms with E-state index < -0.39 is 0 Å². The van der Waals surface area contributed by atoms with Gasteiger partial charge in [-0.2, -0.15) is 0 Å². The highest BCUT2D eigenvalue weighted by atomic mass is 14.5. The first-order valence-electron chi connectivity index (χ1n) is 4.91. The molecule has 1 heteroatoms. The average Bonchev–Trinajstić information content (AvgIpc) is 2.17. The van der Waals surface area contributed by atoms with Crippen molar-refractivity contribution in [2.24, 2.45) is 11.7 Å². The summed E-state index contributed by atoms with van der Waals surface area (Å²) in [4.78, 5) is 0. The van der Waals surface area contributed by atoms with Gasteiger partial charge in [0, 0.05) is 0 Å². The van der Waals surface area contributed by atoms with E-state index >= 15 is 0 Å². The molecule has 0 radical (unpaired) electrons. The normalized spacial score (nSPS) is 15.4. The van der Waals surface area contributed by atoms with Crippen LogP contribution in [0.5, 0.6) is 0 Å². The molecule has 1 nitrogen and oxygen atoms in total. The van der Waals surface area contributed by atoms with Gasteiger partial charge in [0.25, 0.3) is 0 Å². The summed E-state index contributed by atoms with van der Waals surface area (Å²) >= 11 is 0. The van der Waals surface area contributed by atoms with Crippen molar-refractivity contribution >= 4 is 0 Å². The number of hydrogen-bond donors (Lipinski definition) is 1. The lowest BCUT2D eigenvalue weighted by Gasteiger charge is -2.18. The van der Waals surface area contributed by atoms with Gasteiger partial charge in [-0.05, 0) is 30.9 Å². The zero-order valence-electron chi connectivity index (χ0n) is 8.75. The Bertz CT molecular complexity index is 250. The molecule has 2 atom stereocenters. The van der Waals surface area contributed by atoms with Crippen LogP contribution in [0.15, 0.2) is 24.3 Å². The third-order valence-corrected chi connectivity index (χ3v) is 2.83. The van der Waals surface area contributed by atoms with Crippen LogP contribution in [-0.2, 0) is 0 Å². The van der Waals surface area contributed by atoms with E-state index in [1.165, 1.54) is 11.1 Å². The second kappa shape index (κ2) is 4.43. The van der Waals surface area contributed by atoms with Crippen molar-refractivity contribution in [3.8, 4) is 0 Å². The molecule has 0 saturated carbocycles. The summed E-state index contributed by atoms with van der Waals surface area (Å²) in [5, 5.41) is 0. The van der Waals surface area contributed by atoms with Crippen LogP contribution in [0, 0.1) is 12.8 Å². The summed E-state index contributed by atoms with van der Waals surface area (Å²) in [6.07, 6.45) is 0. The fourth-order valence-corrected chi connectivity index (χ4v) is 1.40. The zero-order chi connectivity index (χ0) is 9.84. The van der Waals surface area contributed by atoms with Crippen LogP contribution >= 0.6 is 0 Å². The van der Waals surface area contributed by atoms with Crippen LogP contribution in [0.4, 0.5) is 0 Å². The van der Waals surface area contributed by atoms with E-state index in [2.05, 4.69) is 45.0 Å². The molecule has 0 aliphatic heterocycles. The van der Waals surface area contributed by atoms with Gasteiger partial charge in [-0.3, -0.25) is 0 Å². The highest BCUT2D eigenvalue weighted by molar-refractivity contribution is 5.24. The summed E-state index contributed by atoms with van der Waals surface area (Å²) in [7, 11) is 0. The monoisotopic (exact) mass is 177 g/mol. The van der Waals surface area contributed by atoms with Crippen molar-refractivity contribution in [2.45, 2.75) is 26.7 Å². The molecule has 0 aliphatic rings. The third-order valence-electron chi connectivity index (χ3n) is 2.83. The fraction of sp³-hybridized carbons (Fsp3) is 0.500. The van der Waals surface area contributed by atoms with Gasteiger partial charge < -0.3 is 5.73 Å². The molecule has 0 bridgehead atoms. The smallest absolute Gasteiger partial charge is 0.00458 e. The quantitative estimate of drug-likeness (QED) is 0.754. The number of nitrogens with two attached hydrogens (primary N) is 1. The van der Waals surface area contributed by atoms with E-state index in [0.717, 1.165) is 6.54 Å². The molecule has 0 spiro atoms. The average molecular weight is 177 g/mol. The largest absolute Gasteiger partial charge is 0.330 e. The first kappa shape index (κ1) is 10.3. The molecule has 2 unspecified atom stereocenters. The van der Waals surface area contributed by atoms with Crippen molar-refractivity contribution in [3.63, 3.8) is 0 Å². The highest BCUT2D eigenvalue weighted by Gasteiger charge is 2.11. The Kier molecular flexibility index (Phi) is 3.49. The molecular formula is C12H19N.